The fraction of sp³-hybridized carbons (Fsp3) is 0.208. The van der Waals surface area contributed by atoms with Gasteiger partial charge in [-0.05, 0) is 62.4 Å². The normalized spacial score (nSPS) is 12.8. The standard InChI is InChI=1S/C24H24ClN3O3S/c1-4-27-22-8-6-5-7-20(22)21-15-18(11-14-23(21)27)26-24(29)16(2)28(32(3,30)31)19-12-9-17(25)10-13-19/h5-16H,4H2,1-3H3,(H,26,29)/t16-/m1/s1. The summed E-state index contributed by atoms with van der Waals surface area (Å²) < 4.78 is 28.3. The molecular formula is C24H24ClN3O3S. The summed E-state index contributed by atoms with van der Waals surface area (Å²) in [6.45, 7) is 4.49. The fourth-order valence-corrected chi connectivity index (χ4v) is 5.42. The van der Waals surface area contributed by atoms with Crippen molar-refractivity contribution in [2.75, 3.05) is 15.9 Å². The van der Waals surface area contributed by atoms with Crippen LogP contribution in [0.15, 0.2) is 66.7 Å². The molecule has 32 heavy (non-hydrogen) atoms. The van der Waals surface area contributed by atoms with Crippen molar-refractivity contribution in [3.63, 3.8) is 0 Å². The van der Waals surface area contributed by atoms with Gasteiger partial charge in [-0.25, -0.2) is 8.42 Å². The second kappa shape index (κ2) is 8.48. The monoisotopic (exact) mass is 469 g/mol. The molecule has 1 aromatic heterocycles. The zero-order chi connectivity index (χ0) is 23.0. The molecule has 1 atom stereocenters. The molecule has 3 aromatic carbocycles. The van der Waals surface area contributed by atoms with Crippen molar-refractivity contribution in [3.8, 4) is 0 Å². The zero-order valence-corrected chi connectivity index (χ0v) is 19.6. The van der Waals surface area contributed by atoms with E-state index in [4.69, 9.17) is 11.6 Å². The van der Waals surface area contributed by atoms with Crippen LogP contribution < -0.4 is 9.62 Å². The zero-order valence-electron chi connectivity index (χ0n) is 18.0. The van der Waals surface area contributed by atoms with Gasteiger partial charge in [-0.2, -0.15) is 0 Å². The maximum absolute atomic E-state index is 13.1. The average molecular weight is 470 g/mol. The maximum Gasteiger partial charge on any atom is 0.247 e. The van der Waals surface area contributed by atoms with Gasteiger partial charge < -0.3 is 9.88 Å². The molecule has 4 rings (SSSR count). The molecule has 166 valence electrons. The first kappa shape index (κ1) is 22.2. The van der Waals surface area contributed by atoms with Gasteiger partial charge in [0.25, 0.3) is 0 Å². The van der Waals surface area contributed by atoms with E-state index in [1.54, 1.807) is 31.2 Å². The molecule has 0 fully saturated rings. The number of rotatable bonds is 6. The fourth-order valence-electron chi connectivity index (χ4n) is 4.12. The predicted octanol–water partition coefficient (Wildman–Crippen LogP) is 5.26. The highest BCUT2D eigenvalue weighted by Gasteiger charge is 2.29. The number of anilines is 2. The Morgan fingerprint density at radius 3 is 2.34 bits per heavy atom. The van der Waals surface area contributed by atoms with E-state index in [0.717, 1.165) is 38.9 Å². The van der Waals surface area contributed by atoms with Gasteiger partial charge in [0.2, 0.25) is 15.9 Å². The van der Waals surface area contributed by atoms with Crippen LogP contribution in [-0.2, 0) is 21.4 Å². The van der Waals surface area contributed by atoms with Gasteiger partial charge in [-0.15, -0.1) is 0 Å². The number of nitrogens with one attached hydrogen (secondary N) is 1. The van der Waals surface area contributed by atoms with Crippen LogP contribution in [0.25, 0.3) is 21.8 Å². The van der Waals surface area contributed by atoms with Crippen molar-refractivity contribution in [3.05, 3.63) is 71.8 Å². The molecule has 8 heteroatoms. The summed E-state index contributed by atoms with van der Waals surface area (Å²) in [6, 6.07) is 19.3. The molecule has 0 aliphatic carbocycles. The van der Waals surface area contributed by atoms with Crippen molar-refractivity contribution in [1.29, 1.82) is 0 Å². The number of amides is 1. The first-order valence-corrected chi connectivity index (χ1v) is 12.5. The lowest BCUT2D eigenvalue weighted by Gasteiger charge is -2.28. The van der Waals surface area contributed by atoms with Crippen LogP contribution in [0, 0.1) is 0 Å². The summed E-state index contributed by atoms with van der Waals surface area (Å²) in [6.07, 6.45) is 1.08. The Kier molecular flexibility index (Phi) is 5.88. The van der Waals surface area contributed by atoms with Gasteiger partial charge in [0.15, 0.2) is 0 Å². The number of nitrogens with zero attached hydrogens (tertiary/aromatic N) is 2. The Morgan fingerprint density at radius 2 is 1.69 bits per heavy atom. The van der Waals surface area contributed by atoms with Crippen molar-refractivity contribution < 1.29 is 13.2 Å². The number of carbonyl (C=O) groups excluding carboxylic acids is 1. The summed E-state index contributed by atoms with van der Waals surface area (Å²) in [5, 5.41) is 5.50. The van der Waals surface area contributed by atoms with Crippen LogP contribution in [-0.4, -0.2) is 31.2 Å². The minimum atomic E-state index is -3.70. The highest BCUT2D eigenvalue weighted by atomic mass is 35.5. The number of hydrogen-bond acceptors (Lipinski definition) is 3. The minimum Gasteiger partial charge on any atom is -0.341 e. The average Bonchev–Trinajstić information content (AvgIpc) is 3.07. The Bertz CT molecular complexity index is 1410. The summed E-state index contributed by atoms with van der Waals surface area (Å²) >= 11 is 5.93. The number of para-hydroxylation sites is 1. The minimum absolute atomic E-state index is 0.376. The van der Waals surface area contributed by atoms with Gasteiger partial charge in [0.1, 0.15) is 6.04 Å². The quantitative estimate of drug-likeness (QED) is 0.418. The lowest BCUT2D eigenvalue weighted by molar-refractivity contribution is -0.116. The van der Waals surface area contributed by atoms with Crippen LogP contribution in [0.2, 0.25) is 5.02 Å². The summed E-state index contributed by atoms with van der Waals surface area (Å²) in [5.74, 6) is -0.427. The Labute approximate surface area is 192 Å². The van der Waals surface area contributed by atoms with Crippen LogP contribution in [0.1, 0.15) is 13.8 Å². The SMILES string of the molecule is CCn1c2ccccc2c2cc(NC(=O)[C@@H](C)N(c3ccc(Cl)cc3)S(C)(=O)=O)ccc21. The molecule has 0 saturated carbocycles. The second-order valence-electron chi connectivity index (χ2n) is 7.69. The van der Waals surface area contributed by atoms with E-state index in [1.807, 2.05) is 30.3 Å². The van der Waals surface area contributed by atoms with E-state index in [-0.39, 0.29) is 0 Å². The molecule has 0 radical (unpaired) electrons. The maximum atomic E-state index is 13.1. The lowest BCUT2D eigenvalue weighted by atomic mass is 10.1. The topological polar surface area (TPSA) is 71.4 Å². The van der Waals surface area contributed by atoms with E-state index in [2.05, 4.69) is 28.9 Å². The lowest BCUT2D eigenvalue weighted by Crippen LogP contribution is -2.45. The molecule has 0 aliphatic heterocycles. The first-order chi connectivity index (χ1) is 15.2. The van der Waals surface area contributed by atoms with E-state index in [0.29, 0.717) is 16.4 Å². The number of aryl methyl sites for hydroxylation is 1. The summed E-state index contributed by atoms with van der Waals surface area (Å²) in [7, 11) is -3.70. The Morgan fingerprint density at radius 1 is 1.03 bits per heavy atom. The highest BCUT2D eigenvalue weighted by Crippen LogP contribution is 2.31. The predicted molar refractivity (Wildman–Crippen MR) is 132 cm³/mol. The molecule has 1 N–H and O–H groups in total. The molecule has 0 bridgehead atoms. The Balaban J connectivity index is 1.68. The van der Waals surface area contributed by atoms with Gasteiger partial charge in [0.05, 0.1) is 11.9 Å². The number of sulfonamides is 1. The van der Waals surface area contributed by atoms with Crippen molar-refractivity contribution >= 4 is 60.7 Å². The number of halogens is 1. The molecule has 4 aromatic rings. The van der Waals surface area contributed by atoms with Crippen LogP contribution in [0.3, 0.4) is 0 Å². The number of carbonyl (C=O) groups is 1. The van der Waals surface area contributed by atoms with Gasteiger partial charge in [0, 0.05) is 39.1 Å². The third kappa shape index (κ3) is 4.06. The molecule has 1 amide bonds. The molecule has 6 nitrogen and oxygen atoms in total. The first-order valence-electron chi connectivity index (χ1n) is 10.3. The summed E-state index contributed by atoms with van der Waals surface area (Å²) in [4.78, 5) is 13.1. The van der Waals surface area contributed by atoms with E-state index >= 15 is 0 Å². The van der Waals surface area contributed by atoms with E-state index < -0.39 is 22.0 Å². The van der Waals surface area contributed by atoms with Crippen molar-refractivity contribution in [2.45, 2.75) is 26.4 Å². The molecule has 0 unspecified atom stereocenters. The second-order valence-corrected chi connectivity index (χ2v) is 9.99. The third-order valence-corrected chi connectivity index (χ3v) is 7.02. The molecule has 0 saturated heterocycles. The highest BCUT2D eigenvalue weighted by molar-refractivity contribution is 7.92. The number of benzene rings is 3. The summed E-state index contributed by atoms with van der Waals surface area (Å²) in [5.41, 5.74) is 3.20. The third-order valence-electron chi connectivity index (χ3n) is 5.53. The van der Waals surface area contributed by atoms with Crippen LogP contribution in [0.4, 0.5) is 11.4 Å². The molecule has 0 aliphatic rings. The molecule has 0 spiro atoms. The van der Waals surface area contributed by atoms with Gasteiger partial charge in [-0.3, -0.25) is 9.10 Å². The van der Waals surface area contributed by atoms with Crippen molar-refractivity contribution in [2.24, 2.45) is 0 Å². The Hall–Kier alpha value is -3.03. The number of aromatic nitrogens is 1. The van der Waals surface area contributed by atoms with E-state index in [9.17, 15) is 13.2 Å². The number of fused-ring (bicyclic) bond motifs is 3. The van der Waals surface area contributed by atoms with E-state index in [1.165, 1.54) is 0 Å². The largest absolute Gasteiger partial charge is 0.341 e. The van der Waals surface area contributed by atoms with Gasteiger partial charge >= 0.3 is 0 Å². The van der Waals surface area contributed by atoms with Crippen LogP contribution in [0.5, 0.6) is 0 Å². The number of hydrogen-bond donors (Lipinski definition) is 1. The van der Waals surface area contributed by atoms with Gasteiger partial charge in [-0.1, -0.05) is 29.8 Å². The molecule has 1 heterocycles. The smallest absolute Gasteiger partial charge is 0.247 e. The van der Waals surface area contributed by atoms with Crippen LogP contribution >= 0.6 is 11.6 Å². The van der Waals surface area contributed by atoms with Crippen molar-refractivity contribution in [1.82, 2.24) is 4.57 Å². The molecular weight excluding hydrogens is 446 g/mol.